The average Bonchev–Trinajstić information content (AvgIpc) is 2.92. The molecule has 0 spiro atoms. The molecule has 1 aromatic rings. The second-order valence-corrected chi connectivity index (χ2v) is 5.98. The van der Waals surface area contributed by atoms with E-state index in [0.29, 0.717) is 19.8 Å². The molecule has 3 rings (SSSR count). The van der Waals surface area contributed by atoms with Crippen molar-refractivity contribution < 1.29 is 14.3 Å². The van der Waals surface area contributed by atoms with Gasteiger partial charge in [0.15, 0.2) is 0 Å². The van der Waals surface area contributed by atoms with Crippen LogP contribution in [0.3, 0.4) is 0 Å². The predicted octanol–water partition coefficient (Wildman–Crippen LogP) is 2.22. The zero-order chi connectivity index (χ0) is 14.0. The minimum Gasteiger partial charge on any atom is -0.492 e. The fourth-order valence-corrected chi connectivity index (χ4v) is 3.48. The van der Waals surface area contributed by atoms with E-state index in [0.717, 1.165) is 29.5 Å². The van der Waals surface area contributed by atoms with Crippen LogP contribution in [0.5, 0.6) is 5.75 Å². The maximum Gasteiger partial charge on any atom is 0.231 e. The highest BCUT2D eigenvalue weighted by atomic mass is 79.9. The van der Waals surface area contributed by atoms with Crippen molar-refractivity contribution in [3.05, 3.63) is 29.8 Å². The lowest BCUT2D eigenvalue weighted by atomic mass is 9.90. The second-order valence-electron chi connectivity index (χ2n) is 5.42. The molecule has 1 amide bonds. The van der Waals surface area contributed by atoms with Crippen molar-refractivity contribution in [2.75, 3.05) is 25.2 Å². The molecule has 1 unspecified atom stereocenters. The van der Waals surface area contributed by atoms with Crippen molar-refractivity contribution in [2.24, 2.45) is 0 Å². The third kappa shape index (κ3) is 2.56. The van der Waals surface area contributed by atoms with Crippen LogP contribution in [0, 0.1) is 0 Å². The molecule has 2 aliphatic heterocycles. The Morgan fingerprint density at radius 1 is 1.35 bits per heavy atom. The second kappa shape index (κ2) is 5.74. The average molecular weight is 340 g/mol. The van der Waals surface area contributed by atoms with Crippen molar-refractivity contribution in [3.8, 4) is 5.75 Å². The Balaban J connectivity index is 1.74. The summed E-state index contributed by atoms with van der Waals surface area (Å²) in [5.74, 6) is 0.675. The molecule has 5 heteroatoms. The summed E-state index contributed by atoms with van der Waals surface area (Å²) >= 11 is 3.54. The number of halogens is 1. The normalized spacial score (nSPS) is 23.8. The summed E-state index contributed by atoms with van der Waals surface area (Å²) in [5, 5.41) is 3.97. The van der Waals surface area contributed by atoms with Crippen molar-refractivity contribution in [1.29, 1.82) is 0 Å². The maximum atomic E-state index is 12.6. The zero-order valence-electron chi connectivity index (χ0n) is 11.2. The number of benzene rings is 1. The largest absolute Gasteiger partial charge is 0.492 e. The highest BCUT2D eigenvalue weighted by molar-refractivity contribution is 9.09. The van der Waals surface area contributed by atoms with E-state index >= 15 is 0 Å². The monoisotopic (exact) mass is 339 g/mol. The van der Waals surface area contributed by atoms with E-state index in [1.807, 2.05) is 24.3 Å². The zero-order valence-corrected chi connectivity index (χ0v) is 12.8. The molecule has 108 valence electrons. The van der Waals surface area contributed by atoms with E-state index in [1.165, 1.54) is 0 Å². The Morgan fingerprint density at radius 3 is 2.85 bits per heavy atom. The number of para-hydroxylation sites is 1. The minimum absolute atomic E-state index is 0.0521. The van der Waals surface area contributed by atoms with Crippen LogP contribution in [0.15, 0.2) is 24.3 Å². The molecule has 4 nitrogen and oxygen atoms in total. The molecule has 1 saturated heterocycles. The highest BCUT2D eigenvalue weighted by Crippen LogP contribution is 2.34. The summed E-state index contributed by atoms with van der Waals surface area (Å²) in [6, 6.07) is 7.76. The lowest BCUT2D eigenvalue weighted by Gasteiger charge is -2.37. The van der Waals surface area contributed by atoms with Gasteiger partial charge >= 0.3 is 0 Å². The molecular weight excluding hydrogens is 322 g/mol. The van der Waals surface area contributed by atoms with E-state index in [4.69, 9.17) is 9.47 Å². The lowest BCUT2D eigenvalue weighted by molar-refractivity contribution is -0.125. The molecule has 1 N–H and O–H groups in total. The first-order chi connectivity index (χ1) is 9.74. The van der Waals surface area contributed by atoms with Crippen LogP contribution in [0.25, 0.3) is 0 Å². The molecule has 1 fully saturated rings. The van der Waals surface area contributed by atoms with Crippen LogP contribution in [0.4, 0.5) is 0 Å². The molecule has 0 aliphatic carbocycles. The van der Waals surface area contributed by atoms with Crippen molar-refractivity contribution in [3.63, 3.8) is 0 Å². The number of carbonyl (C=O) groups is 1. The smallest absolute Gasteiger partial charge is 0.231 e. The van der Waals surface area contributed by atoms with Gasteiger partial charge in [0.05, 0.1) is 5.54 Å². The standard InChI is InChI=1S/C15H18BrNO3/c16-10-15(5-7-19-8-6-15)17-14(18)12-9-20-13-4-2-1-3-11(12)13/h1-4,12H,5-10H2,(H,17,18). The molecule has 1 aromatic carbocycles. The first-order valence-electron chi connectivity index (χ1n) is 6.92. The number of ether oxygens (including phenoxy) is 2. The summed E-state index contributed by atoms with van der Waals surface area (Å²) in [4.78, 5) is 12.6. The van der Waals surface area contributed by atoms with Gasteiger partial charge in [-0.15, -0.1) is 0 Å². The Labute approximate surface area is 127 Å². The molecule has 1 atom stereocenters. The summed E-state index contributed by atoms with van der Waals surface area (Å²) in [6.07, 6.45) is 1.69. The Bertz CT molecular complexity index is 500. The highest BCUT2D eigenvalue weighted by Gasteiger charge is 2.37. The summed E-state index contributed by atoms with van der Waals surface area (Å²) in [7, 11) is 0. The van der Waals surface area contributed by atoms with E-state index in [-0.39, 0.29) is 17.4 Å². The van der Waals surface area contributed by atoms with Gasteiger partial charge in [-0.2, -0.15) is 0 Å². The molecular formula is C15H18BrNO3. The number of amides is 1. The third-order valence-corrected chi connectivity index (χ3v) is 5.18. The molecule has 2 heterocycles. The van der Waals surface area contributed by atoms with Crippen LogP contribution in [-0.4, -0.2) is 36.6 Å². The van der Waals surface area contributed by atoms with Gasteiger partial charge in [0, 0.05) is 24.1 Å². The molecule has 0 radical (unpaired) electrons. The fraction of sp³-hybridized carbons (Fsp3) is 0.533. The number of carbonyl (C=O) groups excluding carboxylic acids is 1. The first-order valence-corrected chi connectivity index (χ1v) is 8.04. The molecule has 20 heavy (non-hydrogen) atoms. The van der Waals surface area contributed by atoms with E-state index in [1.54, 1.807) is 0 Å². The van der Waals surface area contributed by atoms with Gasteiger partial charge in [0.25, 0.3) is 0 Å². The van der Waals surface area contributed by atoms with Gasteiger partial charge in [0.1, 0.15) is 18.3 Å². The van der Waals surface area contributed by atoms with E-state index in [2.05, 4.69) is 21.2 Å². The lowest BCUT2D eigenvalue weighted by Crippen LogP contribution is -2.54. The summed E-state index contributed by atoms with van der Waals surface area (Å²) < 4.78 is 11.0. The van der Waals surface area contributed by atoms with Crippen LogP contribution in [0.1, 0.15) is 24.3 Å². The molecule has 2 aliphatic rings. The molecule has 0 saturated carbocycles. The Kier molecular flexibility index (Phi) is 3.98. The van der Waals surface area contributed by atoms with Crippen LogP contribution in [0.2, 0.25) is 0 Å². The first kappa shape index (κ1) is 13.9. The molecule has 0 aromatic heterocycles. The van der Waals surface area contributed by atoms with Gasteiger partial charge in [-0.1, -0.05) is 34.1 Å². The summed E-state index contributed by atoms with van der Waals surface area (Å²) in [6.45, 7) is 1.83. The number of rotatable bonds is 3. The number of hydrogen-bond acceptors (Lipinski definition) is 3. The fourth-order valence-electron chi connectivity index (χ4n) is 2.78. The van der Waals surface area contributed by atoms with Crippen molar-refractivity contribution in [1.82, 2.24) is 5.32 Å². The number of alkyl halides is 1. The van der Waals surface area contributed by atoms with Gasteiger partial charge in [-0.25, -0.2) is 0 Å². The topological polar surface area (TPSA) is 47.6 Å². The van der Waals surface area contributed by atoms with Gasteiger partial charge < -0.3 is 14.8 Å². The third-order valence-electron chi connectivity index (χ3n) is 4.11. The van der Waals surface area contributed by atoms with Crippen molar-refractivity contribution in [2.45, 2.75) is 24.3 Å². The van der Waals surface area contributed by atoms with Crippen LogP contribution < -0.4 is 10.1 Å². The maximum absolute atomic E-state index is 12.6. The SMILES string of the molecule is O=C(NC1(CBr)CCOCC1)C1COc2ccccc21. The number of fused-ring (bicyclic) bond motifs is 1. The van der Waals surface area contributed by atoms with E-state index < -0.39 is 0 Å². The molecule has 0 bridgehead atoms. The minimum atomic E-state index is -0.204. The number of hydrogen-bond donors (Lipinski definition) is 1. The summed E-state index contributed by atoms with van der Waals surface area (Å²) in [5.41, 5.74) is 0.800. The Hall–Kier alpha value is -1.07. The van der Waals surface area contributed by atoms with Gasteiger partial charge in [-0.3, -0.25) is 4.79 Å². The quantitative estimate of drug-likeness (QED) is 0.859. The number of nitrogens with one attached hydrogen (secondary N) is 1. The van der Waals surface area contributed by atoms with Gasteiger partial charge in [-0.05, 0) is 18.9 Å². The van der Waals surface area contributed by atoms with Crippen molar-refractivity contribution >= 4 is 21.8 Å². The van der Waals surface area contributed by atoms with Crippen LogP contribution in [-0.2, 0) is 9.53 Å². The van der Waals surface area contributed by atoms with Crippen LogP contribution >= 0.6 is 15.9 Å². The van der Waals surface area contributed by atoms with Gasteiger partial charge in [0.2, 0.25) is 5.91 Å². The predicted molar refractivity (Wildman–Crippen MR) is 79.4 cm³/mol. The van der Waals surface area contributed by atoms with E-state index in [9.17, 15) is 4.79 Å². The Morgan fingerprint density at radius 2 is 2.10 bits per heavy atom.